The maximum atomic E-state index is 11.1. The van der Waals surface area contributed by atoms with Crippen LogP contribution < -0.4 is 0 Å². The fourth-order valence-electron chi connectivity index (χ4n) is 2.81. The average molecular weight is 226 g/mol. The molecule has 4 heteroatoms. The molecule has 2 aliphatic heterocycles. The summed E-state index contributed by atoms with van der Waals surface area (Å²) < 4.78 is 0. The van der Waals surface area contributed by atoms with Gasteiger partial charge in [0.1, 0.15) is 0 Å². The molecule has 0 amide bonds. The molecule has 4 nitrogen and oxygen atoms in total. The van der Waals surface area contributed by atoms with Crippen LogP contribution in [0.2, 0.25) is 0 Å². The minimum atomic E-state index is -0.629. The van der Waals surface area contributed by atoms with Gasteiger partial charge in [-0.3, -0.25) is 9.69 Å². The molecule has 2 rings (SSSR count). The highest BCUT2D eigenvalue weighted by Crippen LogP contribution is 2.32. The minimum Gasteiger partial charge on any atom is -0.481 e. The van der Waals surface area contributed by atoms with E-state index in [1.165, 1.54) is 13.0 Å². The summed E-state index contributed by atoms with van der Waals surface area (Å²) in [7, 11) is 2.16. The van der Waals surface area contributed by atoms with Crippen LogP contribution in [-0.4, -0.2) is 60.1 Å². The van der Waals surface area contributed by atoms with Gasteiger partial charge in [0.2, 0.25) is 0 Å². The van der Waals surface area contributed by atoms with Gasteiger partial charge in [0.25, 0.3) is 0 Å². The molecule has 0 aromatic carbocycles. The highest BCUT2D eigenvalue weighted by molar-refractivity contribution is 5.74. The second-order valence-corrected chi connectivity index (χ2v) is 5.61. The van der Waals surface area contributed by atoms with Crippen LogP contribution >= 0.6 is 0 Å². The largest absolute Gasteiger partial charge is 0.481 e. The molecular formula is C12H22N2O2. The van der Waals surface area contributed by atoms with Gasteiger partial charge in [-0.05, 0) is 52.9 Å². The minimum absolute atomic E-state index is 0.485. The Hall–Kier alpha value is -0.610. The van der Waals surface area contributed by atoms with Gasteiger partial charge in [-0.1, -0.05) is 0 Å². The number of nitrogens with zero attached hydrogens (tertiary/aromatic N) is 2. The molecule has 1 unspecified atom stereocenters. The van der Waals surface area contributed by atoms with Crippen molar-refractivity contribution in [3.05, 3.63) is 0 Å². The molecule has 2 saturated heterocycles. The number of aliphatic carboxylic acids is 1. The smallest absolute Gasteiger partial charge is 0.309 e. The van der Waals surface area contributed by atoms with Gasteiger partial charge in [-0.2, -0.15) is 0 Å². The zero-order valence-corrected chi connectivity index (χ0v) is 10.3. The fourth-order valence-corrected chi connectivity index (χ4v) is 2.81. The average Bonchev–Trinajstić information content (AvgIpc) is 2.66. The standard InChI is InChI=1S/C12H22N2O2/c1-12(11(15)16)4-7-14(8-5-12)10-3-6-13(2)9-10/h10H,3-9H2,1-2H3,(H,15,16). The first-order chi connectivity index (χ1) is 7.51. The number of carbonyl (C=O) groups is 1. The van der Waals surface area contributed by atoms with E-state index in [0.29, 0.717) is 6.04 Å². The highest BCUT2D eigenvalue weighted by Gasteiger charge is 2.39. The lowest BCUT2D eigenvalue weighted by Gasteiger charge is -2.39. The van der Waals surface area contributed by atoms with Crippen LogP contribution in [0, 0.1) is 5.41 Å². The lowest BCUT2D eigenvalue weighted by molar-refractivity contribution is -0.151. The Balaban J connectivity index is 1.88. The molecule has 92 valence electrons. The summed E-state index contributed by atoms with van der Waals surface area (Å²) in [6.45, 7) is 6.09. The third-order valence-electron chi connectivity index (χ3n) is 4.30. The van der Waals surface area contributed by atoms with Gasteiger partial charge in [-0.25, -0.2) is 0 Å². The number of likely N-dealkylation sites (tertiary alicyclic amines) is 2. The van der Waals surface area contributed by atoms with Gasteiger partial charge in [0.15, 0.2) is 0 Å². The van der Waals surface area contributed by atoms with E-state index in [9.17, 15) is 4.79 Å². The Bertz CT molecular complexity index is 272. The zero-order chi connectivity index (χ0) is 11.8. The lowest BCUT2D eigenvalue weighted by Crippen LogP contribution is -2.47. The molecule has 0 aromatic heterocycles. The van der Waals surface area contributed by atoms with E-state index in [0.717, 1.165) is 32.5 Å². The van der Waals surface area contributed by atoms with Crippen molar-refractivity contribution in [1.29, 1.82) is 0 Å². The highest BCUT2D eigenvalue weighted by atomic mass is 16.4. The zero-order valence-electron chi connectivity index (χ0n) is 10.3. The molecule has 0 saturated carbocycles. The van der Waals surface area contributed by atoms with Crippen LogP contribution in [0.1, 0.15) is 26.2 Å². The Labute approximate surface area is 97.2 Å². The predicted octanol–water partition coefficient (Wildman–Crippen LogP) is 0.877. The van der Waals surface area contributed by atoms with E-state index in [2.05, 4.69) is 16.8 Å². The molecule has 0 aromatic rings. The van der Waals surface area contributed by atoms with Crippen molar-refractivity contribution in [1.82, 2.24) is 9.80 Å². The first-order valence-electron chi connectivity index (χ1n) is 6.17. The van der Waals surface area contributed by atoms with E-state index in [1.54, 1.807) is 0 Å². The Morgan fingerprint density at radius 2 is 1.94 bits per heavy atom. The second-order valence-electron chi connectivity index (χ2n) is 5.61. The summed E-state index contributed by atoms with van der Waals surface area (Å²) >= 11 is 0. The molecule has 16 heavy (non-hydrogen) atoms. The SMILES string of the molecule is CN1CCC(N2CCC(C)(C(=O)O)CC2)C1. The second kappa shape index (κ2) is 4.34. The lowest BCUT2D eigenvalue weighted by atomic mass is 9.80. The first-order valence-corrected chi connectivity index (χ1v) is 6.17. The predicted molar refractivity (Wildman–Crippen MR) is 62.5 cm³/mol. The Morgan fingerprint density at radius 1 is 1.31 bits per heavy atom. The quantitative estimate of drug-likeness (QED) is 0.759. The molecule has 2 heterocycles. The molecule has 2 aliphatic rings. The number of hydrogen-bond donors (Lipinski definition) is 1. The van der Waals surface area contributed by atoms with E-state index in [-0.39, 0.29) is 0 Å². The Morgan fingerprint density at radius 3 is 2.38 bits per heavy atom. The summed E-state index contributed by atoms with van der Waals surface area (Å²) in [5.74, 6) is -0.629. The Kier molecular flexibility index (Phi) is 3.22. The van der Waals surface area contributed by atoms with E-state index in [1.807, 2.05) is 6.92 Å². The molecule has 1 atom stereocenters. The number of carboxylic acid groups (broad SMARTS) is 1. The third kappa shape index (κ3) is 2.23. The number of rotatable bonds is 2. The van der Waals surface area contributed by atoms with Crippen LogP contribution in [-0.2, 0) is 4.79 Å². The number of carboxylic acids is 1. The third-order valence-corrected chi connectivity index (χ3v) is 4.30. The van der Waals surface area contributed by atoms with Crippen molar-refractivity contribution < 1.29 is 9.90 Å². The van der Waals surface area contributed by atoms with Crippen molar-refractivity contribution in [3.8, 4) is 0 Å². The molecule has 0 bridgehead atoms. The first kappa shape index (κ1) is 11.9. The van der Waals surface area contributed by atoms with E-state index in [4.69, 9.17) is 5.11 Å². The molecule has 0 radical (unpaired) electrons. The van der Waals surface area contributed by atoms with Crippen LogP contribution in [0.5, 0.6) is 0 Å². The normalized spacial score (nSPS) is 31.8. The maximum absolute atomic E-state index is 11.1. The van der Waals surface area contributed by atoms with Crippen LogP contribution in [0.15, 0.2) is 0 Å². The van der Waals surface area contributed by atoms with Crippen molar-refractivity contribution in [2.45, 2.75) is 32.2 Å². The van der Waals surface area contributed by atoms with Gasteiger partial charge in [0.05, 0.1) is 5.41 Å². The maximum Gasteiger partial charge on any atom is 0.309 e. The van der Waals surface area contributed by atoms with Gasteiger partial charge in [0, 0.05) is 12.6 Å². The summed E-state index contributed by atoms with van der Waals surface area (Å²) in [5.41, 5.74) is -0.485. The molecule has 0 aliphatic carbocycles. The molecule has 2 fully saturated rings. The van der Waals surface area contributed by atoms with Gasteiger partial charge >= 0.3 is 5.97 Å². The van der Waals surface area contributed by atoms with Gasteiger partial charge in [-0.15, -0.1) is 0 Å². The number of piperidine rings is 1. The van der Waals surface area contributed by atoms with Crippen molar-refractivity contribution in [3.63, 3.8) is 0 Å². The summed E-state index contributed by atoms with van der Waals surface area (Å²) in [6, 6.07) is 0.656. The van der Waals surface area contributed by atoms with Crippen LogP contribution in [0.25, 0.3) is 0 Å². The van der Waals surface area contributed by atoms with Crippen molar-refractivity contribution in [2.24, 2.45) is 5.41 Å². The number of hydrogen-bond acceptors (Lipinski definition) is 3. The van der Waals surface area contributed by atoms with Crippen molar-refractivity contribution >= 4 is 5.97 Å². The molecule has 0 spiro atoms. The summed E-state index contributed by atoms with van der Waals surface area (Å²) in [4.78, 5) is 16.0. The summed E-state index contributed by atoms with van der Waals surface area (Å²) in [6.07, 6.45) is 2.82. The van der Waals surface area contributed by atoms with Crippen LogP contribution in [0.4, 0.5) is 0 Å². The molecular weight excluding hydrogens is 204 g/mol. The van der Waals surface area contributed by atoms with E-state index < -0.39 is 11.4 Å². The van der Waals surface area contributed by atoms with Crippen molar-refractivity contribution in [2.75, 3.05) is 33.2 Å². The van der Waals surface area contributed by atoms with Gasteiger partial charge < -0.3 is 10.0 Å². The summed E-state index contributed by atoms with van der Waals surface area (Å²) in [5, 5.41) is 9.16. The monoisotopic (exact) mass is 226 g/mol. The van der Waals surface area contributed by atoms with E-state index >= 15 is 0 Å². The molecule has 1 N–H and O–H groups in total. The number of likely N-dealkylation sites (N-methyl/N-ethyl adjacent to an activating group) is 1. The topological polar surface area (TPSA) is 43.8 Å². The van der Waals surface area contributed by atoms with Crippen LogP contribution in [0.3, 0.4) is 0 Å². The fraction of sp³-hybridized carbons (Fsp3) is 0.917.